The first kappa shape index (κ1) is 11.7. The van der Waals surface area contributed by atoms with Crippen molar-refractivity contribution >= 4 is 16.7 Å². The summed E-state index contributed by atoms with van der Waals surface area (Å²) in [6.07, 6.45) is 0. The van der Waals surface area contributed by atoms with Crippen LogP contribution >= 0.6 is 0 Å². The number of rotatable bonds is 3. The van der Waals surface area contributed by atoms with Crippen molar-refractivity contribution in [1.82, 2.24) is 0 Å². The highest BCUT2D eigenvalue weighted by atomic mass is 32.2. The molecule has 2 rings (SSSR count). The number of hydrogen-bond acceptors (Lipinski definition) is 2. The van der Waals surface area contributed by atoms with Gasteiger partial charge in [0.2, 0.25) is 5.78 Å². The van der Waals surface area contributed by atoms with Crippen molar-refractivity contribution in [1.29, 1.82) is 0 Å². The largest absolute Gasteiger partial charge is 0.371 e. The van der Waals surface area contributed by atoms with Gasteiger partial charge < -0.3 is 4.74 Å². The summed E-state index contributed by atoms with van der Waals surface area (Å²) in [6.45, 7) is 3.81. The standard InChI is InChI=1S/C13H17O2S/c1-11-9-15-7-8-16(11)10-13(14)12-5-3-2-4-6-12/h2-6,11H,7-10H2,1H3/q+1. The van der Waals surface area contributed by atoms with Crippen LogP contribution in [0.4, 0.5) is 0 Å². The molecule has 0 bridgehead atoms. The van der Waals surface area contributed by atoms with Gasteiger partial charge in [0, 0.05) is 16.5 Å². The van der Waals surface area contributed by atoms with Crippen LogP contribution in [0.1, 0.15) is 17.3 Å². The molecule has 86 valence electrons. The lowest BCUT2D eigenvalue weighted by Crippen LogP contribution is -2.38. The molecule has 1 saturated heterocycles. The molecule has 1 aromatic rings. The van der Waals surface area contributed by atoms with Crippen LogP contribution in [0.5, 0.6) is 0 Å². The van der Waals surface area contributed by atoms with Crippen LogP contribution in [0.2, 0.25) is 0 Å². The summed E-state index contributed by atoms with van der Waals surface area (Å²) in [5.41, 5.74) is 0.841. The van der Waals surface area contributed by atoms with Gasteiger partial charge in [-0.25, -0.2) is 0 Å². The third-order valence-corrected chi connectivity index (χ3v) is 5.42. The zero-order valence-corrected chi connectivity index (χ0v) is 10.3. The molecule has 1 fully saturated rings. The zero-order valence-electron chi connectivity index (χ0n) is 9.52. The molecule has 0 aromatic heterocycles. The monoisotopic (exact) mass is 237 g/mol. The van der Waals surface area contributed by atoms with Crippen molar-refractivity contribution in [3.63, 3.8) is 0 Å². The quantitative estimate of drug-likeness (QED) is 0.593. The maximum atomic E-state index is 12.0. The molecule has 0 spiro atoms. The van der Waals surface area contributed by atoms with Crippen molar-refractivity contribution < 1.29 is 9.53 Å². The van der Waals surface area contributed by atoms with E-state index in [2.05, 4.69) is 6.92 Å². The van der Waals surface area contributed by atoms with Crippen molar-refractivity contribution in [2.24, 2.45) is 0 Å². The molecular formula is C13H17O2S+. The normalized spacial score (nSPS) is 25.3. The van der Waals surface area contributed by atoms with E-state index in [1.54, 1.807) is 0 Å². The van der Waals surface area contributed by atoms with Crippen LogP contribution < -0.4 is 0 Å². The molecule has 1 heterocycles. The van der Waals surface area contributed by atoms with Crippen molar-refractivity contribution in [2.75, 3.05) is 24.7 Å². The fourth-order valence-corrected chi connectivity index (χ4v) is 3.76. The minimum absolute atomic E-state index is 0.205. The molecule has 1 aromatic carbocycles. The molecule has 2 unspecified atom stereocenters. The van der Waals surface area contributed by atoms with E-state index in [0.29, 0.717) is 11.0 Å². The molecule has 16 heavy (non-hydrogen) atoms. The Bertz CT molecular complexity index is 350. The molecule has 0 saturated carbocycles. The van der Waals surface area contributed by atoms with Crippen molar-refractivity contribution in [3.8, 4) is 0 Å². The molecule has 1 aliphatic rings. The summed E-state index contributed by atoms with van der Waals surface area (Å²) >= 11 is 0. The average Bonchev–Trinajstić information content (AvgIpc) is 2.33. The summed E-state index contributed by atoms with van der Waals surface area (Å²) in [5, 5.41) is 0.529. The van der Waals surface area contributed by atoms with Gasteiger partial charge in [-0.05, 0) is 6.92 Å². The van der Waals surface area contributed by atoms with E-state index >= 15 is 0 Å². The smallest absolute Gasteiger partial charge is 0.211 e. The molecule has 0 amide bonds. The molecular weight excluding hydrogens is 220 g/mol. The zero-order chi connectivity index (χ0) is 11.4. The Morgan fingerprint density at radius 1 is 1.44 bits per heavy atom. The maximum absolute atomic E-state index is 12.0. The van der Waals surface area contributed by atoms with Crippen LogP contribution in [0, 0.1) is 0 Å². The van der Waals surface area contributed by atoms with Gasteiger partial charge in [-0.1, -0.05) is 30.3 Å². The first-order chi connectivity index (χ1) is 7.77. The predicted molar refractivity (Wildman–Crippen MR) is 68.2 cm³/mol. The lowest BCUT2D eigenvalue weighted by molar-refractivity contribution is 0.102. The highest BCUT2D eigenvalue weighted by molar-refractivity contribution is 7.98. The number of carbonyl (C=O) groups excluding carboxylic acids is 1. The molecule has 0 radical (unpaired) electrons. The summed E-state index contributed by atoms with van der Waals surface area (Å²) in [5.74, 6) is 2.01. The lowest BCUT2D eigenvalue weighted by atomic mass is 10.2. The third kappa shape index (κ3) is 2.86. The number of Topliss-reactive ketones (excluding diaryl/α,β-unsaturated/α-hetero) is 1. The van der Waals surface area contributed by atoms with Crippen LogP contribution in [-0.2, 0) is 15.6 Å². The Kier molecular flexibility index (Phi) is 4.02. The molecule has 2 atom stereocenters. The maximum Gasteiger partial charge on any atom is 0.211 e. The van der Waals surface area contributed by atoms with Crippen LogP contribution in [0.15, 0.2) is 30.3 Å². The van der Waals surface area contributed by atoms with Gasteiger partial charge in [0.1, 0.15) is 11.0 Å². The van der Waals surface area contributed by atoms with E-state index in [4.69, 9.17) is 4.74 Å². The Morgan fingerprint density at radius 2 is 2.19 bits per heavy atom. The highest BCUT2D eigenvalue weighted by Gasteiger charge is 2.32. The molecule has 2 nitrogen and oxygen atoms in total. The molecule has 0 aliphatic carbocycles. The summed E-state index contributed by atoms with van der Waals surface area (Å²) < 4.78 is 5.39. The minimum atomic E-state index is 0.205. The van der Waals surface area contributed by atoms with Gasteiger partial charge in [-0.3, -0.25) is 4.79 Å². The summed E-state index contributed by atoms with van der Waals surface area (Å²) in [6, 6.07) is 9.58. The van der Waals surface area contributed by atoms with E-state index < -0.39 is 0 Å². The topological polar surface area (TPSA) is 26.3 Å². The molecule has 1 aliphatic heterocycles. The highest BCUT2D eigenvalue weighted by Crippen LogP contribution is 2.14. The van der Waals surface area contributed by atoms with E-state index in [-0.39, 0.29) is 16.7 Å². The number of hydrogen-bond donors (Lipinski definition) is 0. The van der Waals surface area contributed by atoms with Crippen molar-refractivity contribution in [2.45, 2.75) is 12.2 Å². The van der Waals surface area contributed by atoms with E-state index in [9.17, 15) is 4.79 Å². The van der Waals surface area contributed by atoms with E-state index in [1.807, 2.05) is 30.3 Å². The van der Waals surface area contributed by atoms with Gasteiger partial charge in [0.15, 0.2) is 5.75 Å². The second kappa shape index (κ2) is 5.51. The van der Waals surface area contributed by atoms with Gasteiger partial charge in [0.05, 0.1) is 13.2 Å². The van der Waals surface area contributed by atoms with Gasteiger partial charge in [-0.15, -0.1) is 0 Å². The van der Waals surface area contributed by atoms with Crippen molar-refractivity contribution in [3.05, 3.63) is 35.9 Å². The predicted octanol–water partition coefficient (Wildman–Crippen LogP) is 1.91. The van der Waals surface area contributed by atoms with Crippen LogP contribution in [0.3, 0.4) is 0 Å². The second-order valence-corrected chi connectivity index (χ2v) is 6.64. The lowest BCUT2D eigenvalue weighted by Gasteiger charge is -2.20. The second-order valence-electron chi connectivity index (χ2n) is 4.06. The Labute approximate surface area is 99.3 Å². The Morgan fingerprint density at radius 3 is 2.88 bits per heavy atom. The minimum Gasteiger partial charge on any atom is -0.371 e. The molecule has 0 N–H and O–H groups in total. The SMILES string of the molecule is CC1COCC[S+]1CC(=O)c1ccccc1. The first-order valence-electron chi connectivity index (χ1n) is 5.59. The van der Waals surface area contributed by atoms with Crippen LogP contribution in [-0.4, -0.2) is 35.8 Å². The van der Waals surface area contributed by atoms with E-state index in [0.717, 1.165) is 24.5 Å². The number of carbonyl (C=O) groups is 1. The fraction of sp³-hybridized carbons (Fsp3) is 0.462. The van der Waals surface area contributed by atoms with Gasteiger partial charge in [-0.2, -0.15) is 0 Å². The van der Waals surface area contributed by atoms with Crippen LogP contribution in [0.25, 0.3) is 0 Å². The number of ketones is 1. The first-order valence-corrected chi connectivity index (χ1v) is 7.22. The summed E-state index contributed by atoms with van der Waals surface area (Å²) in [4.78, 5) is 12.0. The molecule has 3 heteroatoms. The third-order valence-electron chi connectivity index (χ3n) is 2.82. The number of ether oxygens (including phenoxy) is 1. The Hall–Kier alpha value is -0.800. The average molecular weight is 237 g/mol. The fourth-order valence-electron chi connectivity index (χ4n) is 1.80. The Balaban J connectivity index is 1.96. The van der Waals surface area contributed by atoms with Gasteiger partial charge >= 0.3 is 0 Å². The summed E-state index contributed by atoms with van der Waals surface area (Å²) in [7, 11) is 0.205. The van der Waals surface area contributed by atoms with E-state index in [1.165, 1.54) is 0 Å². The number of benzene rings is 1. The van der Waals surface area contributed by atoms with Gasteiger partial charge in [0.25, 0.3) is 0 Å².